The predicted molar refractivity (Wildman–Crippen MR) is 169 cm³/mol. The Bertz CT molecular complexity index is 1500. The molecule has 0 heterocycles. The summed E-state index contributed by atoms with van der Waals surface area (Å²) in [5.41, 5.74) is 0.596. The van der Waals surface area contributed by atoms with Crippen LogP contribution in [0.5, 0.6) is 11.5 Å². The second-order valence-corrected chi connectivity index (χ2v) is 12.8. The van der Waals surface area contributed by atoms with Crippen LogP contribution in [0.15, 0.2) is 71.6 Å². The van der Waals surface area contributed by atoms with E-state index in [1.807, 2.05) is 13.8 Å². The molecule has 1 N–H and O–H groups in total. The molecule has 3 aromatic carbocycles. The normalized spacial score (nSPS) is 12.0. The standard InChI is InChI=1S/C31H37Cl2N3O6S/c1-6-27(31(38)34-18-21(2)3)35(19-24-25(32)10-9-11-26(24)33)30(37)20-36(28-12-7-8-13-29(28)42-5)43(39,40)23-16-14-22(41-4)15-17-23/h7-17,21,27H,6,18-20H2,1-5H3,(H,34,38)/t27-/m1/s1. The van der Waals surface area contributed by atoms with Crippen molar-refractivity contribution in [1.29, 1.82) is 0 Å². The van der Waals surface area contributed by atoms with Gasteiger partial charge in [-0.2, -0.15) is 0 Å². The minimum atomic E-state index is -4.31. The summed E-state index contributed by atoms with van der Waals surface area (Å²) in [6, 6.07) is 16.4. The fraction of sp³-hybridized carbons (Fsp3) is 0.355. The van der Waals surface area contributed by atoms with Crippen LogP contribution in [0, 0.1) is 5.92 Å². The molecule has 0 saturated heterocycles. The summed E-state index contributed by atoms with van der Waals surface area (Å²) in [4.78, 5) is 28.9. The number of carbonyl (C=O) groups excluding carboxylic acids is 2. The first-order valence-electron chi connectivity index (χ1n) is 13.7. The third-order valence-electron chi connectivity index (χ3n) is 6.74. The van der Waals surface area contributed by atoms with Crippen LogP contribution < -0.4 is 19.1 Å². The molecule has 0 aliphatic rings. The van der Waals surface area contributed by atoms with E-state index in [4.69, 9.17) is 32.7 Å². The van der Waals surface area contributed by atoms with E-state index in [2.05, 4.69) is 5.32 Å². The van der Waals surface area contributed by atoms with Gasteiger partial charge in [-0.15, -0.1) is 0 Å². The number of amides is 2. The Balaban J connectivity index is 2.13. The number of halogens is 2. The van der Waals surface area contributed by atoms with Crippen LogP contribution in [0.2, 0.25) is 10.0 Å². The summed E-state index contributed by atoms with van der Waals surface area (Å²) < 4.78 is 39.9. The van der Waals surface area contributed by atoms with Crippen molar-refractivity contribution in [3.05, 3.63) is 82.3 Å². The second kappa shape index (κ2) is 15.3. The zero-order chi connectivity index (χ0) is 31.7. The van der Waals surface area contributed by atoms with Crippen LogP contribution in [-0.2, 0) is 26.2 Å². The molecule has 3 aromatic rings. The molecule has 0 fully saturated rings. The van der Waals surface area contributed by atoms with Gasteiger partial charge in [-0.3, -0.25) is 13.9 Å². The molecule has 0 aliphatic heterocycles. The lowest BCUT2D eigenvalue weighted by Gasteiger charge is -2.34. The van der Waals surface area contributed by atoms with Gasteiger partial charge in [-0.05, 0) is 60.9 Å². The molecule has 0 aliphatic carbocycles. The number of benzene rings is 3. The molecule has 12 heteroatoms. The van der Waals surface area contributed by atoms with Crippen molar-refractivity contribution in [2.45, 2.75) is 44.7 Å². The summed E-state index contributed by atoms with van der Waals surface area (Å²) in [6.45, 7) is 5.35. The average molecular weight is 651 g/mol. The zero-order valence-electron chi connectivity index (χ0n) is 24.8. The minimum Gasteiger partial charge on any atom is -0.497 e. The minimum absolute atomic E-state index is 0.0607. The number of hydrogen-bond acceptors (Lipinski definition) is 6. The van der Waals surface area contributed by atoms with E-state index >= 15 is 0 Å². The van der Waals surface area contributed by atoms with Crippen molar-refractivity contribution in [3.8, 4) is 11.5 Å². The summed E-state index contributed by atoms with van der Waals surface area (Å²) in [6.07, 6.45) is 0.262. The molecule has 43 heavy (non-hydrogen) atoms. The summed E-state index contributed by atoms with van der Waals surface area (Å²) in [5.74, 6) is -0.103. The van der Waals surface area contributed by atoms with Crippen molar-refractivity contribution in [3.63, 3.8) is 0 Å². The van der Waals surface area contributed by atoms with Crippen LogP contribution in [-0.4, -0.2) is 58.5 Å². The van der Waals surface area contributed by atoms with Gasteiger partial charge in [0.25, 0.3) is 10.0 Å². The van der Waals surface area contributed by atoms with Crippen LogP contribution in [0.1, 0.15) is 32.8 Å². The number of rotatable bonds is 14. The Labute approximate surface area is 263 Å². The van der Waals surface area contributed by atoms with Crippen molar-refractivity contribution < 1.29 is 27.5 Å². The summed E-state index contributed by atoms with van der Waals surface area (Å²) >= 11 is 12.9. The largest absolute Gasteiger partial charge is 0.497 e. The molecule has 2 amide bonds. The molecule has 9 nitrogen and oxygen atoms in total. The molecule has 0 radical (unpaired) electrons. The lowest BCUT2D eigenvalue weighted by atomic mass is 10.1. The van der Waals surface area contributed by atoms with Crippen molar-refractivity contribution >= 4 is 50.7 Å². The van der Waals surface area contributed by atoms with E-state index in [9.17, 15) is 18.0 Å². The molecule has 0 bridgehead atoms. The third kappa shape index (κ3) is 8.34. The Morgan fingerprint density at radius 1 is 0.907 bits per heavy atom. The van der Waals surface area contributed by atoms with Gasteiger partial charge in [0.1, 0.15) is 24.1 Å². The van der Waals surface area contributed by atoms with Crippen LogP contribution >= 0.6 is 23.2 Å². The van der Waals surface area contributed by atoms with Gasteiger partial charge in [-0.1, -0.05) is 62.2 Å². The molecular weight excluding hydrogens is 613 g/mol. The van der Waals surface area contributed by atoms with E-state index in [0.717, 1.165) is 4.31 Å². The van der Waals surface area contributed by atoms with E-state index < -0.39 is 28.5 Å². The highest BCUT2D eigenvalue weighted by Crippen LogP contribution is 2.33. The zero-order valence-corrected chi connectivity index (χ0v) is 27.2. The monoisotopic (exact) mass is 649 g/mol. The number of hydrogen-bond donors (Lipinski definition) is 1. The van der Waals surface area contributed by atoms with Gasteiger partial charge in [-0.25, -0.2) is 8.42 Å². The van der Waals surface area contributed by atoms with Gasteiger partial charge in [0.15, 0.2) is 0 Å². The summed E-state index contributed by atoms with van der Waals surface area (Å²) in [5, 5.41) is 3.52. The van der Waals surface area contributed by atoms with E-state index in [1.54, 1.807) is 49.4 Å². The Morgan fingerprint density at radius 3 is 2.09 bits per heavy atom. The molecule has 3 rings (SSSR count). The van der Waals surface area contributed by atoms with E-state index in [0.29, 0.717) is 27.9 Å². The first-order chi connectivity index (χ1) is 20.4. The maximum absolute atomic E-state index is 14.3. The Hall–Kier alpha value is -3.47. The first kappa shape index (κ1) is 34.0. The van der Waals surface area contributed by atoms with E-state index in [1.165, 1.54) is 43.4 Å². The number of para-hydroxylation sites is 2. The number of nitrogens with one attached hydrogen (secondary N) is 1. The topological polar surface area (TPSA) is 105 Å². The molecule has 0 saturated carbocycles. The number of carbonyl (C=O) groups is 2. The van der Waals surface area contributed by atoms with E-state index in [-0.39, 0.29) is 41.1 Å². The SMILES string of the molecule is CC[C@H](C(=O)NCC(C)C)N(Cc1c(Cl)cccc1Cl)C(=O)CN(c1ccccc1OC)S(=O)(=O)c1ccc(OC)cc1. The smallest absolute Gasteiger partial charge is 0.264 e. The van der Waals surface area contributed by atoms with Crippen LogP contribution in [0.3, 0.4) is 0 Å². The average Bonchev–Trinajstić information content (AvgIpc) is 2.99. The van der Waals surface area contributed by atoms with Crippen molar-refractivity contribution in [2.24, 2.45) is 5.92 Å². The Kier molecular flexibility index (Phi) is 12.1. The lowest BCUT2D eigenvalue weighted by Crippen LogP contribution is -2.52. The second-order valence-electron chi connectivity index (χ2n) is 10.1. The predicted octanol–water partition coefficient (Wildman–Crippen LogP) is 5.79. The summed E-state index contributed by atoms with van der Waals surface area (Å²) in [7, 11) is -1.42. The lowest BCUT2D eigenvalue weighted by molar-refractivity contribution is -0.140. The highest BCUT2D eigenvalue weighted by molar-refractivity contribution is 7.92. The van der Waals surface area contributed by atoms with Crippen LogP contribution in [0.4, 0.5) is 5.69 Å². The maximum atomic E-state index is 14.3. The fourth-order valence-corrected chi connectivity index (χ4v) is 6.36. The van der Waals surface area contributed by atoms with Gasteiger partial charge >= 0.3 is 0 Å². The number of methoxy groups -OCH3 is 2. The van der Waals surface area contributed by atoms with Crippen molar-refractivity contribution in [2.75, 3.05) is 31.6 Å². The molecule has 0 unspecified atom stereocenters. The number of sulfonamides is 1. The fourth-order valence-electron chi connectivity index (χ4n) is 4.42. The molecule has 0 spiro atoms. The number of nitrogens with zero attached hydrogens (tertiary/aromatic N) is 2. The van der Waals surface area contributed by atoms with Gasteiger partial charge in [0.2, 0.25) is 11.8 Å². The van der Waals surface area contributed by atoms with Gasteiger partial charge < -0.3 is 19.7 Å². The first-order valence-corrected chi connectivity index (χ1v) is 15.9. The van der Waals surface area contributed by atoms with Crippen molar-refractivity contribution in [1.82, 2.24) is 10.2 Å². The Morgan fingerprint density at radius 2 is 1.53 bits per heavy atom. The van der Waals surface area contributed by atoms with Gasteiger partial charge in [0.05, 0.1) is 24.8 Å². The molecule has 232 valence electrons. The number of ether oxygens (including phenoxy) is 2. The highest BCUT2D eigenvalue weighted by Gasteiger charge is 2.35. The number of anilines is 1. The molecule has 1 atom stereocenters. The third-order valence-corrected chi connectivity index (χ3v) is 9.22. The molecule has 0 aromatic heterocycles. The highest BCUT2D eigenvalue weighted by atomic mass is 35.5. The van der Waals surface area contributed by atoms with Gasteiger partial charge in [0, 0.05) is 28.7 Å². The molecular formula is C31H37Cl2N3O6S. The quantitative estimate of drug-likeness (QED) is 0.237. The maximum Gasteiger partial charge on any atom is 0.264 e. The van der Waals surface area contributed by atoms with Crippen LogP contribution in [0.25, 0.3) is 0 Å².